The lowest BCUT2D eigenvalue weighted by Gasteiger charge is -2.05. The molecule has 0 radical (unpaired) electrons. The fourth-order valence-electron chi connectivity index (χ4n) is 2.42. The maximum Gasteiger partial charge on any atom is 0.259 e. The summed E-state index contributed by atoms with van der Waals surface area (Å²) in [5, 5.41) is 15.1. The first-order valence-corrected chi connectivity index (χ1v) is 8.92. The van der Waals surface area contributed by atoms with Gasteiger partial charge in [-0.3, -0.25) is 4.79 Å². The Morgan fingerprint density at radius 2 is 1.93 bits per heavy atom. The molecule has 0 spiro atoms. The van der Waals surface area contributed by atoms with Gasteiger partial charge in [-0.25, -0.2) is 10.1 Å². The third kappa shape index (κ3) is 6.21. The second kappa shape index (κ2) is 9.82. The van der Waals surface area contributed by atoms with Gasteiger partial charge >= 0.3 is 0 Å². The van der Waals surface area contributed by atoms with Crippen molar-refractivity contribution in [3.63, 3.8) is 0 Å². The van der Waals surface area contributed by atoms with Crippen molar-refractivity contribution in [2.45, 2.75) is 13.5 Å². The molecule has 0 bridgehead atoms. The Balaban J connectivity index is 1.40. The number of rotatable bonds is 8. The van der Waals surface area contributed by atoms with Crippen LogP contribution in [0.3, 0.4) is 0 Å². The SMILES string of the molecule is Cc1ccc(NCC(=O)NN=CC=Cc2cn(Cc3ccccc3)nn2)cc1. The predicted molar refractivity (Wildman–Crippen MR) is 111 cm³/mol. The van der Waals surface area contributed by atoms with Crippen molar-refractivity contribution in [2.75, 3.05) is 11.9 Å². The molecule has 0 saturated carbocycles. The van der Waals surface area contributed by atoms with Gasteiger partial charge in [0.1, 0.15) is 5.69 Å². The molecule has 1 aromatic heterocycles. The summed E-state index contributed by atoms with van der Waals surface area (Å²) in [7, 11) is 0. The van der Waals surface area contributed by atoms with Crippen LogP contribution < -0.4 is 10.7 Å². The lowest BCUT2D eigenvalue weighted by molar-refractivity contribution is -0.119. The molecule has 0 aliphatic heterocycles. The number of aryl methyl sites for hydroxylation is 1. The monoisotopic (exact) mass is 374 g/mol. The van der Waals surface area contributed by atoms with Crippen LogP contribution in [-0.2, 0) is 11.3 Å². The first kappa shape index (κ1) is 19.0. The summed E-state index contributed by atoms with van der Waals surface area (Å²) in [6, 6.07) is 17.9. The number of carbonyl (C=O) groups excluding carboxylic acids is 1. The van der Waals surface area contributed by atoms with Crippen LogP contribution in [0.1, 0.15) is 16.8 Å². The summed E-state index contributed by atoms with van der Waals surface area (Å²) in [5.41, 5.74) is 6.40. The number of allylic oxidation sites excluding steroid dienone is 1. The van der Waals surface area contributed by atoms with Crippen molar-refractivity contribution < 1.29 is 4.79 Å². The smallest absolute Gasteiger partial charge is 0.259 e. The molecule has 0 fully saturated rings. The van der Waals surface area contributed by atoms with Gasteiger partial charge < -0.3 is 5.32 Å². The average Bonchev–Trinajstić information content (AvgIpc) is 3.15. The molecule has 3 aromatic rings. The van der Waals surface area contributed by atoms with Crippen molar-refractivity contribution in [3.8, 4) is 0 Å². The van der Waals surface area contributed by atoms with Gasteiger partial charge in [-0.15, -0.1) is 5.10 Å². The topological polar surface area (TPSA) is 84.2 Å². The highest BCUT2D eigenvalue weighted by Crippen LogP contribution is 2.07. The molecule has 1 heterocycles. The van der Waals surface area contributed by atoms with Gasteiger partial charge in [-0.05, 0) is 36.8 Å². The molecule has 2 N–H and O–H groups in total. The molecule has 0 aliphatic rings. The first-order chi connectivity index (χ1) is 13.7. The molecule has 28 heavy (non-hydrogen) atoms. The van der Waals surface area contributed by atoms with Crippen LogP contribution in [0.2, 0.25) is 0 Å². The van der Waals surface area contributed by atoms with Crippen LogP contribution >= 0.6 is 0 Å². The highest BCUT2D eigenvalue weighted by molar-refractivity contribution is 5.83. The van der Waals surface area contributed by atoms with Crippen molar-refractivity contribution in [3.05, 3.63) is 83.7 Å². The quantitative estimate of drug-likeness (QED) is 0.469. The predicted octanol–water partition coefficient (Wildman–Crippen LogP) is 2.86. The van der Waals surface area contributed by atoms with Crippen LogP contribution in [-0.4, -0.2) is 33.7 Å². The molecule has 3 rings (SSSR count). The number of aromatic nitrogens is 3. The van der Waals surface area contributed by atoms with E-state index in [2.05, 4.69) is 26.2 Å². The number of amides is 1. The number of nitrogens with one attached hydrogen (secondary N) is 2. The molecular weight excluding hydrogens is 352 g/mol. The number of nitrogens with zero attached hydrogens (tertiary/aromatic N) is 4. The Morgan fingerprint density at radius 1 is 1.14 bits per heavy atom. The first-order valence-electron chi connectivity index (χ1n) is 8.92. The summed E-state index contributed by atoms with van der Waals surface area (Å²) in [6.45, 7) is 2.83. The maximum atomic E-state index is 11.8. The minimum Gasteiger partial charge on any atom is -0.376 e. The largest absolute Gasteiger partial charge is 0.376 e. The fraction of sp³-hybridized carbons (Fsp3) is 0.143. The van der Waals surface area contributed by atoms with E-state index in [0.717, 1.165) is 16.9 Å². The lowest BCUT2D eigenvalue weighted by Crippen LogP contribution is -2.25. The van der Waals surface area contributed by atoms with Crippen LogP contribution in [0.15, 0.2) is 72.0 Å². The molecule has 142 valence electrons. The van der Waals surface area contributed by atoms with Crippen LogP contribution in [0.4, 0.5) is 5.69 Å². The minimum absolute atomic E-state index is 0.151. The zero-order valence-electron chi connectivity index (χ0n) is 15.6. The van der Waals surface area contributed by atoms with Gasteiger partial charge in [0.25, 0.3) is 5.91 Å². The average molecular weight is 374 g/mol. The maximum absolute atomic E-state index is 11.8. The highest BCUT2D eigenvalue weighted by Gasteiger charge is 1.99. The van der Waals surface area contributed by atoms with Crippen molar-refractivity contribution >= 4 is 23.9 Å². The van der Waals surface area contributed by atoms with Crippen LogP contribution in [0, 0.1) is 6.92 Å². The number of hydrogen-bond donors (Lipinski definition) is 2. The summed E-state index contributed by atoms with van der Waals surface area (Å²) in [6.07, 6.45) is 6.82. The zero-order chi connectivity index (χ0) is 19.6. The van der Waals surface area contributed by atoms with Gasteiger partial charge in [0.15, 0.2) is 0 Å². The highest BCUT2D eigenvalue weighted by atomic mass is 16.2. The van der Waals surface area contributed by atoms with E-state index in [0.29, 0.717) is 6.54 Å². The van der Waals surface area contributed by atoms with Gasteiger partial charge in [0.2, 0.25) is 0 Å². The van der Waals surface area contributed by atoms with Gasteiger partial charge in [-0.1, -0.05) is 53.2 Å². The second-order valence-electron chi connectivity index (χ2n) is 6.22. The van der Waals surface area contributed by atoms with E-state index in [4.69, 9.17) is 0 Å². The fourth-order valence-corrected chi connectivity index (χ4v) is 2.42. The summed E-state index contributed by atoms with van der Waals surface area (Å²) < 4.78 is 1.77. The van der Waals surface area contributed by atoms with Crippen molar-refractivity contribution in [1.29, 1.82) is 0 Å². The zero-order valence-corrected chi connectivity index (χ0v) is 15.6. The van der Waals surface area contributed by atoms with E-state index in [1.54, 1.807) is 16.8 Å². The number of anilines is 1. The summed E-state index contributed by atoms with van der Waals surface area (Å²) in [4.78, 5) is 11.8. The molecule has 2 aromatic carbocycles. The van der Waals surface area contributed by atoms with E-state index >= 15 is 0 Å². The van der Waals surface area contributed by atoms with E-state index in [9.17, 15) is 4.79 Å². The lowest BCUT2D eigenvalue weighted by atomic mass is 10.2. The Labute approximate surface area is 163 Å². The normalized spacial score (nSPS) is 11.2. The summed E-state index contributed by atoms with van der Waals surface area (Å²) in [5.74, 6) is -0.223. The van der Waals surface area contributed by atoms with E-state index in [-0.39, 0.29) is 12.5 Å². The van der Waals surface area contributed by atoms with E-state index in [1.807, 2.05) is 67.7 Å². The van der Waals surface area contributed by atoms with Crippen molar-refractivity contribution in [1.82, 2.24) is 20.4 Å². The number of hydrazone groups is 1. The third-order valence-corrected chi connectivity index (χ3v) is 3.87. The Hall–Kier alpha value is -3.74. The van der Waals surface area contributed by atoms with Gasteiger partial charge in [0.05, 0.1) is 19.3 Å². The Kier molecular flexibility index (Phi) is 6.67. The molecule has 7 heteroatoms. The molecular formula is C21H22N6O. The molecule has 0 unspecified atom stereocenters. The van der Waals surface area contributed by atoms with Crippen LogP contribution in [0.25, 0.3) is 6.08 Å². The van der Waals surface area contributed by atoms with Crippen molar-refractivity contribution in [2.24, 2.45) is 5.10 Å². The minimum atomic E-state index is -0.223. The van der Waals surface area contributed by atoms with E-state index < -0.39 is 0 Å². The van der Waals surface area contributed by atoms with E-state index in [1.165, 1.54) is 11.8 Å². The Morgan fingerprint density at radius 3 is 2.71 bits per heavy atom. The molecule has 1 amide bonds. The molecule has 0 saturated heterocycles. The molecule has 7 nitrogen and oxygen atoms in total. The van der Waals surface area contributed by atoms with Gasteiger partial charge in [0, 0.05) is 11.9 Å². The number of benzene rings is 2. The number of carbonyl (C=O) groups is 1. The molecule has 0 atom stereocenters. The van der Waals surface area contributed by atoms with Crippen LogP contribution in [0.5, 0.6) is 0 Å². The Bertz CT molecular complexity index is 945. The molecule has 0 aliphatic carbocycles. The standard InChI is InChI=1S/C21H22N6O/c1-17-9-11-19(12-10-17)22-14-21(28)25-23-13-5-8-20-16-27(26-24-20)15-18-6-3-2-4-7-18/h2-13,16,22H,14-15H2,1H3,(H,25,28). The van der Waals surface area contributed by atoms with Gasteiger partial charge in [-0.2, -0.15) is 5.10 Å². The number of hydrogen-bond acceptors (Lipinski definition) is 5. The second-order valence-corrected chi connectivity index (χ2v) is 6.22. The third-order valence-electron chi connectivity index (χ3n) is 3.87. The summed E-state index contributed by atoms with van der Waals surface area (Å²) >= 11 is 0.